The maximum Gasteiger partial charge on any atom is 0.249 e. The summed E-state index contributed by atoms with van der Waals surface area (Å²) in [6.45, 7) is 2.80. The zero-order chi connectivity index (χ0) is 25.5. The SMILES string of the molecule is COc1cccc(CNC[C@H](O)[C@@H](Cc2ccccc2)c2c(C(N)=O)cc(C)cc2-c2ccco2)c1. The average molecular weight is 485 g/mol. The Morgan fingerprint density at radius 2 is 1.81 bits per heavy atom. The second-order valence-electron chi connectivity index (χ2n) is 8.96. The van der Waals surface area contributed by atoms with Gasteiger partial charge in [-0.25, -0.2) is 0 Å². The standard InChI is InChI=1S/C30H32N2O4/c1-20-14-25(28-12-7-13-36-28)29(26(15-20)30(31)34)24(17-21-8-4-3-5-9-21)27(33)19-32-18-22-10-6-11-23(16-22)35-2/h3-16,24,27,32-33H,17-19H2,1-2H3,(H2,31,34)/t24-,27+/m1/s1. The van der Waals surface area contributed by atoms with E-state index < -0.39 is 17.9 Å². The van der Waals surface area contributed by atoms with Crippen LogP contribution in [0.4, 0.5) is 0 Å². The van der Waals surface area contributed by atoms with Crippen molar-refractivity contribution in [2.75, 3.05) is 13.7 Å². The van der Waals surface area contributed by atoms with Crippen LogP contribution in [-0.2, 0) is 13.0 Å². The highest BCUT2D eigenvalue weighted by atomic mass is 16.5. The molecule has 1 heterocycles. The Morgan fingerprint density at radius 1 is 1.03 bits per heavy atom. The highest BCUT2D eigenvalue weighted by Crippen LogP contribution is 2.37. The van der Waals surface area contributed by atoms with Crippen molar-refractivity contribution >= 4 is 5.91 Å². The van der Waals surface area contributed by atoms with E-state index in [0.29, 0.717) is 36.4 Å². The Balaban J connectivity index is 1.69. The molecule has 0 fully saturated rings. The number of primary amides is 1. The number of carbonyl (C=O) groups is 1. The number of aliphatic hydroxyl groups excluding tert-OH is 1. The summed E-state index contributed by atoms with van der Waals surface area (Å²) in [6.07, 6.45) is 1.33. The van der Waals surface area contributed by atoms with Gasteiger partial charge in [0.05, 0.1) is 19.5 Å². The quantitative estimate of drug-likeness (QED) is 0.283. The Morgan fingerprint density at radius 3 is 2.50 bits per heavy atom. The van der Waals surface area contributed by atoms with E-state index in [-0.39, 0.29) is 0 Å². The van der Waals surface area contributed by atoms with Gasteiger partial charge in [0.15, 0.2) is 0 Å². The number of hydrogen-bond acceptors (Lipinski definition) is 5. The molecule has 0 aliphatic carbocycles. The van der Waals surface area contributed by atoms with E-state index in [4.69, 9.17) is 14.9 Å². The highest BCUT2D eigenvalue weighted by molar-refractivity contribution is 5.97. The largest absolute Gasteiger partial charge is 0.497 e. The molecule has 6 nitrogen and oxygen atoms in total. The topological polar surface area (TPSA) is 97.7 Å². The van der Waals surface area contributed by atoms with E-state index in [1.807, 2.05) is 79.7 Å². The molecule has 4 aromatic rings. The van der Waals surface area contributed by atoms with Gasteiger partial charge >= 0.3 is 0 Å². The van der Waals surface area contributed by atoms with Crippen LogP contribution in [-0.4, -0.2) is 30.8 Å². The predicted octanol–water partition coefficient (Wildman–Crippen LogP) is 4.84. The molecule has 4 N–H and O–H groups in total. The van der Waals surface area contributed by atoms with Crippen LogP contribution in [0.25, 0.3) is 11.3 Å². The molecule has 3 aromatic carbocycles. The van der Waals surface area contributed by atoms with E-state index in [0.717, 1.165) is 28.0 Å². The van der Waals surface area contributed by atoms with Crippen LogP contribution in [0.5, 0.6) is 5.75 Å². The summed E-state index contributed by atoms with van der Waals surface area (Å²) in [5.74, 6) is 0.473. The summed E-state index contributed by atoms with van der Waals surface area (Å²) in [5.41, 5.74) is 10.7. The van der Waals surface area contributed by atoms with Crippen molar-refractivity contribution < 1.29 is 19.1 Å². The van der Waals surface area contributed by atoms with Crippen molar-refractivity contribution in [2.24, 2.45) is 5.73 Å². The number of benzene rings is 3. The van der Waals surface area contributed by atoms with Crippen LogP contribution in [0.1, 0.15) is 38.5 Å². The highest BCUT2D eigenvalue weighted by Gasteiger charge is 2.29. The molecule has 1 aromatic heterocycles. The van der Waals surface area contributed by atoms with Crippen molar-refractivity contribution in [3.63, 3.8) is 0 Å². The molecule has 186 valence electrons. The number of nitrogens with two attached hydrogens (primary N) is 1. The fourth-order valence-electron chi connectivity index (χ4n) is 4.62. The predicted molar refractivity (Wildman–Crippen MR) is 141 cm³/mol. The first-order valence-corrected chi connectivity index (χ1v) is 12.0. The van der Waals surface area contributed by atoms with Gasteiger partial charge < -0.3 is 25.3 Å². The van der Waals surface area contributed by atoms with Gasteiger partial charge in [0, 0.05) is 30.1 Å². The molecule has 0 radical (unpaired) electrons. The van der Waals surface area contributed by atoms with Crippen LogP contribution in [0.2, 0.25) is 0 Å². The first kappa shape index (κ1) is 25.2. The number of carbonyl (C=O) groups excluding carboxylic acids is 1. The van der Waals surface area contributed by atoms with Crippen LogP contribution < -0.4 is 15.8 Å². The third-order valence-electron chi connectivity index (χ3n) is 6.33. The molecule has 0 spiro atoms. The van der Waals surface area contributed by atoms with Gasteiger partial charge in [-0.2, -0.15) is 0 Å². The van der Waals surface area contributed by atoms with E-state index in [2.05, 4.69) is 5.32 Å². The zero-order valence-electron chi connectivity index (χ0n) is 20.6. The second-order valence-corrected chi connectivity index (χ2v) is 8.96. The third kappa shape index (κ3) is 6.03. The number of aliphatic hydroxyl groups is 1. The molecule has 4 rings (SSSR count). The van der Waals surface area contributed by atoms with E-state index >= 15 is 0 Å². The Bertz CT molecular complexity index is 1290. The average Bonchev–Trinajstić information content (AvgIpc) is 3.43. The Kier molecular flexibility index (Phi) is 8.21. The van der Waals surface area contributed by atoms with Crippen LogP contribution >= 0.6 is 0 Å². The minimum Gasteiger partial charge on any atom is -0.497 e. The maximum absolute atomic E-state index is 12.6. The van der Waals surface area contributed by atoms with E-state index in [9.17, 15) is 9.90 Å². The number of methoxy groups -OCH3 is 1. The number of amides is 1. The molecule has 0 bridgehead atoms. The fraction of sp³-hybridized carbons (Fsp3) is 0.233. The summed E-state index contributed by atoms with van der Waals surface area (Å²) < 4.78 is 11.0. The number of hydrogen-bond donors (Lipinski definition) is 3. The summed E-state index contributed by atoms with van der Waals surface area (Å²) in [4.78, 5) is 12.6. The molecule has 0 aliphatic rings. The molecular weight excluding hydrogens is 452 g/mol. The minimum atomic E-state index is -0.801. The molecule has 0 saturated carbocycles. The van der Waals surface area contributed by atoms with E-state index in [1.165, 1.54) is 0 Å². The molecule has 0 saturated heterocycles. The number of aryl methyl sites for hydroxylation is 1. The summed E-state index contributed by atoms with van der Waals surface area (Å²) in [7, 11) is 1.64. The van der Waals surface area contributed by atoms with Gasteiger partial charge in [0.1, 0.15) is 11.5 Å². The molecular formula is C30H32N2O4. The molecule has 0 unspecified atom stereocenters. The third-order valence-corrected chi connectivity index (χ3v) is 6.33. The lowest BCUT2D eigenvalue weighted by atomic mass is 9.80. The van der Waals surface area contributed by atoms with Crippen molar-refractivity contribution in [3.8, 4) is 17.1 Å². The van der Waals surface area contributed by atoms with E-state index in [1.54, 1.807) is 19.4 Å². The van der Waals surface area contributed by atoms with Crippen LogP contribution in [0.3, 0.4) is 0 Å². The van der Waals surface area contributed by atoms with Crippen molar-refractivity contribution in [2.45, 2.75) is 31.9 Å². The first-order valence-electron chi connectivity index (χ1n) is 12.0. The Hall–Kier alpha value is -3.87. The molecule has 2 atom stereocenters. The lowest BCUT2D eigenvalue weighted by molar-refractivity contribution is 0.0995. The number of nitrogens with one attached hydrogen (secondary N) is 1. The van der Waals surface area contributed by atoms with Gasteiger partial charge in [-0.1, -0.05) is 42.5 Å². The van der Waals surface area contributed by atoms with Gasteiger partial charge in [-0.15, -0.1) is 0 Å². The van der Waals surface area contributed by atoms with Gasteiger partial charge in [0.25, 0.3) is 0 Å². The van der Waals surface area contributed by atoms with Gasteiger partial charge in [-0.05, 0) is 72.0 Å². The van der Waals surface area contributed by atoms with Gasteiger partial charge in [0.2, 0.25) is 5.91 Å². The number of ether oxygens (including phenoxy) is 1. The lowest BCUT2D eigenvalue weighted by Gasteiger charge is -2.28. The molecule has 1 amide bonds. The maximum atomic E-state index is 12.6. The molecule has 0 aliphatic heterocycles. The van der Waals surface area contributed by atoms with Gasteiger partial charge in [-0.3, -0.25) is 4.79 Å². The summed E-state index contributed by atoms with van der Waals surface area (Å²) >= 11 is 0. The zero-order valence-corrected chi connectivity index (χ0v) is 20.6. The molecule has 6 heteroatoms. The molecule has 36 heavy (non-hydrogen) atoms. The summed E-state index contributed by atoms with van der Waals surface area (Å²) in [6, 6.07) is 25.2. The normalized spacial score (nSPS) is 12.8. The first-order chi connectivity index (χ1) is 17.5. The minimum absolute atomic E-state index is 0.318. The Labute approximate surface area is 211 Å². The van der Waals surface area contributed by atoms with Crippen LogP contribution in [0.15, 0.2) is 89.5 Å². The van der Waals surface area contributed by atoms with Crippen molar-refractivity contribution in [1.29, 1.82) is 0 Å². The smallest absolute Gasteiger partial charge is 0.249 e. The monoisotopic (exact) mass is 484 g/mol. The number of furan rings is 1. The van der Waals surface area contributed by atoms with Crippen LogP contribution in [0, 0.1) is 6.92 Å². The summed E-state index contributed by atoms with van der Waals surface area (Å²) in [5, 5.41) is 14.9. The fourth-order valence-corrected chi connectivity index (χ4v) is 4.62. The number of rotatable bonds is 11. The second kappa shape index (κ2) is 11.7. The lowest BCUT2D eigenvalue weighted by Crippen LogP contribution is -2.34. The van der Waals surface area contributed by atoms with Crippen molar-refractivity contribution in [1.82, 2.24) is 5.32 Å². The van der Waals surface area contributed by atoms with Crippen molar-refractivity contribution in [3.05, 3.63) is 113 Å².